The highest BCUT2D eigenvalue weighted by Gasteiger charge is 2.34. The van der Waals surface area contributed by atoms with Crippen molar-refractivity contribution in [2.45, 2.75) is 13.0 Å². The quantitative estimate of drug-likeness (QED) is 0.804. The standard InChI is InChI=1S/C13H19NO3/c1-13(7-16-8-13)9-17-11-4-2-10(3-5-11)12(14)6-15/h2-5,12,15H,6-9,14H2,1H3. The molecule has 4 heteroatoms. The highest BCUT2D eigenvalue weighted by atomic mass is 16.5. The number of rotatable bonds is 5. The maximum Gasteiger partial charge on any atom is 0.119 e. The van der Waals surface area contributed by atoms with Gasteiger partial charge in [0.25, 0.3) is 0 Å². The highest BCUT2D eigenvalue weighted by Crippen LogP contribution is 2.27. The first-order chi connectivity index (χ1) is 8.13. The molecule has 1 aliphatic rings. The van der Waals surface area contributed by atoms with Crippen molar-refractivity contribution in [2.75, 3.05) is 26.4 Å². The second-order valence-electron chi connectivity index (χ2n) is 4.95. The van der Waals surface area contributed by atoms with Crippen molar-refractivity contribution in [3.63, 3.8) is 0 Å². The molecule has 0 bridgehead atoms. The summed E-state index contributed by atoms with van der Waals surface area (Å²) in [6.45, 7) is 4.29. The molecule has 0 spiro atoms. The summed E-state index contributed by atoms with van der Waals surface area (Å²) in [5, 5.41) is 8.94. The van der Waals surface area contributed by atoms with Gasteiger partial charge in [0.05, 0.1) is 32.5 Å². The highest BCUT2D eigenvalue weighted by molar-refractivity contribution is 5.29. The van der Waals surface area contributed by atoms with Crippen LogP contribution < -0.4 is 10.5 Å². The Bertz CT molecular complexity index is 359. The van der Waals surface area contributed by atoms with Crippen LogP contribution >= 0.6 is 0 Å². The number of nitrogens with two attached hydrogens (primary N) is 1. The van der Waals surface area contributed by atoms with Crippen LogP contribution in [0.1, 0.15) is 18.5 Å². The number of hydrogen-bond acceptors (Lipinski definition) is 4. The van der Waals surface area contributed by atoms with E-state index in [4.69, 9.17) is 20.3 Å². The molecule has 17 heavy (non-hydrogen) atoms. The van der Waals surface area contributed by atoms with Crippen molar-refractivity contribution in [1.82, 2.24) is 0 Å². The van der Waals surface area contributed by atoms with Crippen molar-refractivity contribution in [3.8, 4) is 5.75 Å². The van der Waals surface area contributed by atoms with Crippen molar-refractivity contribution in [1.29, 1.82) is 0 Å². The smallest absolute Gasteiger partial charge is 0.119 e. The molecule has 1 aromatic carbocycles. The molecule has 2 rings (SSSR count). The van der Waals surface area contributed by atoms with Gasteiger partial charge in [-0.15, -0.1) is 0 Å². The van der Waals surface area contributed by atoms with Crippen LogP contribution in [0.2, 0.25) is 0 Å². The third-order valence-corrected chi connectivity index (χ3v) is 2.99. The van der Waals surface area contributed by atoms with E-state index in [0.717, 1.165) is 24.5 Å². The van der Waals surface area contributed by atoms with E-state index >= 15 is 0 Å². The predicted octanol–water partition coefficient (Wildman–Crippen LogP) is 1.09. The van der Waals surface area contributed by atoms with Gasteiger partial charge >= 0.3 is 0 Å². The van der Waals surface area contributed by atoms with Crippen molar-refractivity contribution in [2.24, 2.45) is 11.1 Å². The van der Waals surface area contributed by atoms with E-state index in [9.17, 15) is 0 Å². The number of aliphatic hydroxyl groups excluding tert-OH is 1. The number of benzene rings is 1. The van der Waals surface area contributed by atoms with Gasteiger partial charge in [0, 0.05) is 5.41 Å². The molecular formula is C13H19NO3. The average molecular weight is 237 g/mol. The normalized spacial score (nSPS) is 19.5. The van der Waals surface area contributed by atoms with E-state index in [1.54, 1.807) is 0 Å². The Morgan fingerprint density at radius 3 is 2.53 bits per heavy atom. The van der Waals surface area contributed by atoms with Gasteiger partial charge in [-0.3, -0.25) is 0 Å². The minimum atomic E-state index is -0.318. The summed E-state index contributed by atoms with van der Waals surface area (Å²) in [5.74, 6) is 0.826. The average Bonchev–Trinajstić information content (AvgIpc) is 2.33. The zero-order chi connectivity index (χ0) is 12.3. The van der Waals surface area contributed by atoms with E-state index in [1.165, 1.54) is 0 Å². The maximum atomic E-state index is 8.94. The van der Waals surface area contributed by atoms with Crippen LogP contribution in [0.3, 0.4) is 0 Å². The van der Waals surface area contributed by atoms with E-state index in [1.807, 2.05) is 24.3 Å². The van der Waals surface area contributed by atoms with Crippen LogP contribution in [-0.4, -0.2) is 31.5 Å². The van der Waals surface area contributed by atoms with Gasteiger partial charge in [-0.1, -0.05) is 19.1 Å². The summed E-state index contributed by atoms with van der Waals surface area (Å²) in [6, 6.07) is 7.22. The molecule has 0 aromatic heterocycles. The van der Waals surface area contributed by atoms with Crippen molar-refractivity contribution < 1.29 is 14.6 Å². The topological polar surface area (TPSA) is 64.7 Å². The third kappa shape index (κ3) is 2.97. The molecule has 94 valence electrons. The molecule has 0 amide bonds. The molecule has 4 nitrogen and oxygen atoms in total. The Morgan fingerprint density at radius 1 is 1.41 bits per heavy atom. The van der Waals surface area contributed by atoms with Crippen LogP contribution in [0.5, 0.6) is 5.75 Å². The molecule has 1 fully saturated rings. The summed E-state index contributed by atoms with van der Waals surface area (Å²) in [4.78, 5) is 0. The maximum absolute atomic E-state index is 8.94. The van der Waals surface area contributed by atoms with Gasteiger partial charge in [-0.2, -0.15) is 0 Å². The number of aliphatic hydroxyl groups is 1. The first-order valence-corrected chi connectivity index (χ1v) is 5.80. The fourth-order valence-corrected chi connectivity index (χ4v) is 1.71. The summed E-state index contributed by atoms with van der Waals surface area (Å²) in [5.41, 5.74) is 6.78. The predicted molar refractivity (Wildman–Crippen MR) is 64.9 cm³/mol. The lowest BCUT2D eigenvalue weighted by atomic mass is 9.90. The van der Waals surface area contributed by atoms with Gasteiger partial charge in [-0.05, 0) is 17.7 Å². The molecule has 1 heterocycles. The Hall–Kier alpha value is -1.10. The van der Waals surface area contributed by atoms with Crippen molar-refractivity contribution in [3.05, 3.63) is 29.8 Å². The second kappa shape index (κ2) is 5.04. The third-order valence-electron chi connectivity index (χ3n) is 2.99. The molecule has 1 unspecified atom stereocenters. The van der Waals surface area contributed by atoms with E-state index < -0.39 is 0 Å². The molecule has 1 aromatic rings. The first kappa shape index (κ1) is 12.4. The van der Waals surface area contributed by atoms with Gasteiger partial charge < -0.3 is 20.3 Å². The fraction of sp³-hybridized carbons (Fsp3) is 0.538. The summed E-state index contributed by atoms with van der Waals surface area (Å²) in [6.07, 6.45) is 0. The lowest BCUT2D eigenvalue weighted by molar-refractivity contribution is -0.120. The molecule has 1 saturated heterocycles. The van der Waals surface area contributed by atoms with E-state index in [0.29, 0.717) is 6.61 Å². The molecule has 0 radical (unpaired) electrons. The van der Waals surface area contributed by atoms with Crippen LogP contribution in [0.15, 0.2) is 24.3 Å². The fourth-order valence-electron chi connectivity index (χ4n) is 1.71. The zero-order valence-corrected chi connectivity index (χ0v) is 10.1. The molecule has 0 saturated carbocycles. The van der Waals surface area contributed by atoms with Crippen LogP contribution in [0.4, 0.5) is 0 Å². The van der Waals surface area contributed by atoms with Crippen LogP contribution in [0, 0.1) is 5.41 Å². The SMILES string of the molecule is CC1(COc2ccc(C(N)CO)cc2)COC1. The minimum absolute atomic E-state index is 0.0460. The Balaban J connectivity index is 1.89. The van der Waals surface area contributed by atoms with Crippen LogP contribution in [-0.2, 0) is 4.74 Å². The molecule has 0 aliphatic carbocycles. The van der Waals surface area contributed by atoms with E-state index in [2.05, 4.69) is 6.92 Å². The second-order valence-corrected chi connectivity index (χ2v) is 4.95. The lowest BCUT2D eigenvalue weighted by Crippen LogP contribution is -2.44. The van der Waals surface area contributed by atoms with Crippen molar-refractivity contribution >= 4 is 0 Å². The number of ether oxygens (including phenoxy) is 2. The van der Waals surface area contributed by atoms with Gasteiger partial charge in [-0.25, -0.2) is 0 Å². The zero-order valence-electron chi connectivity index (χ0n) is 10.1. The summed E-state index contributed by atoms with van der Waals surface area (Å²) < 4.78 is 10.9. The molecular weight excluding hydrogens is 218 g/mol. The van der Waals surface area contributed by atoms with Gasteiger partial charge in [0.15, 0.2) is 0 Å². The lowest BCUT2D eigenvalue weighted by Gasteiger charge is -2.37. The first-order valence-electron chi connectivity index (χ1n) is 5.80. The monoisotopic (exact) mass is 237 g/mol. The Kier molecular flexibility index (Phi) is 3.66. The van der Waals surface area contributed by atoms with Gasteiger partial charge in [0.2, 0.25) is 0 Å². The molecule has 3 N–H and O–H groups in total. The molecule has 1 atom stereocenters. The minimum Gasteiger partial charge on any atom is -0.493 e. The largest absolute Gasteiger partial charge is 0.493 e. The summed E-state index contributed by atoms with van der Waals surface area (Å²) >= 11 is 0. The molecule has 1 aliphatic heterocycles. The Morgan fingerprint density at radius 2 is 2.06 bits per heavy atom. The van der Waals surface area contributed by atoms with E-state index in [-0.39, 0.29) is 18.1 Å². The van der Waals surface area contributed by atoms with Crippen LogP contribution in [0.25, 0.3) is 0 Å². The Labute approximate surface area is 101 Å². The van der Waals surface area contributed by atoms with Gasteiger partial charge in [0.1, 0.15) is 5.75 Å². The summed E-state index contributed by atoms with van der Waals surface area (Å²) in [7, 11) is 0. The number of hydrogen-bond donors (Lipinski definition) is 2.